The van der Waals surface area contributed by atoms with Gasteiger partial charge in [0.25, 0.3) is 0 Å². The molecule has 6 nitrogen and oxygen atoms in total. The van der Waals surface area contributed by atoms with Gasteiger partial charge in [0.1, 0.15) is 5.75 Å². The predicted octanol–water partition coefficient (Wildman–Crippen LogP) is 3.29. The van der Waals surface area contributed by atoms with Gasteiger partial charge in [0.05, 0.1) is 30.8 Å². The molecule has 1 heterocycles. The summed E-state index contributed by atoms with van der Waals surface area (Å²) >= 11 is 0. The fourth-order valence-electron chi connectivity index (χ4n) is 2.92. The van der Waals surface area contributed by atoms with Gasteiger partial charge in [-0.2, -0.15) is 0 Å². The zero-order valence-corrected chi connectivity index (χ0v) is 15.7. The molecule has 140 valence electrons. The summed E-state index contributed by atoms with van der Waals surface area (Å²) in [6.45, 7) is 5.07. The number of benzene rings is 2. The fourth-order valence-corrected chi connectivity index (χ4v) is 4.18. The van der Waals surface area contributed by atoms with Gasteiger partial charge in [-0.05, 0) is 32.0 Å². The minimum absolute atomic E-state index is 0.147. The minimum atomic E-state index is -3.72. The first-order chi connectivity index (χ1) is 12.5. The van der Waals surface area contributed by atoms with Crippen molar-refractivity contribution in [2.45, 2.75) is 31.2 Å². The first-order valence-electron chi connectivity index (χ1n) is 8.69. The number of hydrogen-bond donors (Lipinski definition) is 1. The first kappa shape index (κ1) is 18.5. The molecule has 26 heavy (non-hydrogen) atoms. The quantitative estimate of drug-likeness (QED) is 0.801. The molecule has 2 aromatic carbocycles. The molecule has 0 amide bonds. The molecule has 0 radical (unpaired) electrons. The van der Waals surface area contributed by atoms with Gasteiger partial charge in [-0.3, -0.25) is 0 Å². The molecule has 7 heteroatoms. The smallest absolute Gasteiger partial charge is 0.241 e. The van der Waals surface area contributed by atoms with Crippen molar-refractivity contribution in [1.29, 1.82) is 0 Å². The SMILES string of the molecule is CCOc1ccc(S(=O)(=O)N[C@@H]2CCOc3ccccc32)cc1OCC. The Balaban J connectivity index is 1.88. The maximum atomic E-state index is 12.9. The fraction of sp³-hybridized carbons (Fsp3) is 0.368. The Morgan fingerprint density at radius 1 is 1.08 bits per heavy atom. The topological polar surface area (TPSA) is 73.9 Å². The van der Waals surface area contributed by atoms with E-state index < -0.39 is 10.0 Å². The number of nitrogens with one attached hydrogen (secondary N) is 1. The van der Waals surface area contributed by atoms with Gasteiger partial charge in [0.15, 0.2) is 11.5 Å². The molecule has 2 aromatic rings. The molecule has 0 spiro atoms. The van der Waals surface area contributed by atoms with Gasteiger partial charge in [0, 0.05) is 18.1 Å². The van der Waals surface area contributed by atoms with Crippen molar-refractivity contribution in [2.24, 2.45) is 0 Å². The monoisotopic (exact) mass is 377 g/mol. The molecule has 1 aliphatic heterocycles. The van der Waals surface area contributed by atoms with Crippen LogP contribution in [0.15, 0.2) is 47.4 Å². The van der Waals surface area contributed by atoms with Crippen molar-refractivity contribution in [3.05, 3.63) is 48.0 Å². The Hall–Kier alpha value is -2.25. The van der Waals surface area contributed by atoms with Crippen LogP contribution in [0.25, 0.3) is 0 Å². The number of sulfonamides is 1. The van der Waals surface area contributed by atoms with Gasteiger partial charge in [-0.25, -0.2) is 13.1 Å². The molecule has 0 saturated heterocycles. The largest absolute Gasteiger partial charge is 0.493 e. The van der Waals surface area contributed by atoms with Crippen molar-refractivity contribution < 1.29 is 22.6 Å². The number of para-hydroxylation sites is 1. The summed E-state index contributed by atoms with van der Waals surface area (Å²) in [4.78, 5) is 0.147. The maximum Gasteiger partial charge on any atom is 0.241 e. The first-order valence-corrected chi connectivity index (χ1v) is 10.2. The zero-order chi connectivity index (χ0) is 18.6. The Morgan fingerprint density at radius 2 is 1.81 bits per heavy atom. The van der Waals surface area contributed by atoms with Crippen LogP contribution in [-0.4, -0.2) is 28.2 Å². The van der Waals surface area contributed by atoms with Gasteiger partial charge in [-0.1, -0.05) is 18.2 Å². The van der Waals surface area contributed by atoms with Crippen LogP contribution < -0.4 is 18.9 Å². The van der Waals surface area contributed by atoms with Crippen LogP contribution in [0.5, 0.6) is 17.2 Å². The number of ether oxygens (including phenoxy) is 3. The number of rotatable bonds is 7. The van der Waals surface area contributed by atoms with Crippen molar-refractivity contribution in [3.8, 4) is 17.2 Å². The van der Waals surface area contributed by atoms with E-state index >= 15 is 0 Å². The van der Waals surface area contributed by atoms with Crippen LogP contribution in [0, 0.1) is 0 Å². The van der Waals surface area contributed by atoms with Gasteiger partial charge >= 0.3 is 0 Å². The summed E-state index contributed by atoms with van der Waals surface area (Å²) < 4.78 is 45.2. The minimum Gasteiger partial charge on any atom is -0.493 e. The van der Waals surface area contributed by atoms with E-state index in [1.807, 2.05) is 38.1 Å². The average Bonchev–Trinajstić information content (AvgIpc) is 2.63. The molecule has 0 bridgehead atoms. The summed E-state index contributed by atoms with van der Waals surface area (Å²) in [5.74, 6) is 1.67. The molecule has 0 aliphatic carbocycles. The van der Waals surface area contributed by atoms with E-state index in [9.17, 15) is 8.42 Å². The summed E-state index contributed by atoms with van der Waals surface area (Å²) in [6, 6.07) is 11.8. The van der Waals surface area contributed by atoms with E-state index in [0.29, 0.717) is 43.5 Å². The van der Waals surface area contributed by atoms with Crippen LogP contribution in [0.3, 0.4) is 0 Å². The Bertz CT molecular complexity index is 866. The molecule has 1 atom stereocenters. The normalized spacial score (nSPS) is 16.5. The van der Waals surface area contributed by atoms with Crippen molar-refractivity contribution in [1.82, 2.24) is 4.72 Å². The predicted molar refractivity (Wildman–Crippen MR) is 98.4 cm³/mol. The Labute approximate surface area is 154 Å². The third-order valence-electron chi connectivity index (χ3n) is 4.08. The van der Waals surface area contributed by atoms with Gasteiger partial charge < -0.3 is 14.2 Å². The number of hydrogen-bond acceptors (Lipinski definition) is 5. The maximum absolute atomic E-state index is 12.9. The van der Waals surface area contributed by atoms with Gasteiger partial charge in [0.2, 0.25) is 10.0 Å². The number of fused-ring (bicyclic) bond motifs is 1. The lowest BCUT2D eigenvalue weighted by Crippen LogP contribution is -2.32. The van der Waals surface area contributed by atoms with Crippen LogP contribution in [0.2, 0.25) is 0 Å². The van der Waals surface area contributed by atoms with E-state index in [0.717, 1.165) is 5.56 Å². The lowest BCUT2D eigenvalue weighted by atomic mass is 10.0. The second kappa shape index (κ2) is 7.97. The average molecular weight is 377 g/mol. The lowest BCUT2D eigenvalue weighted by molar-refractivity contribution is 0.263. The second-order valence-electron chi connectivity index (χ2n) is 5.82. The van der Waals surface area contributed by atoms with E-state index in [1.165, 1.54) is 12.1 Å². The van der Waals surface area contributed by atoms with Crippen LogP contribution in [0.4, 0.5) is 0 Å². The van der Waals surface area contributed by atoms with Crippen molar-refractivity contribution in [2.75, 3.05) is 19.8 Å². The summed E-state index contributed by atoms with van der Waals surface area (Å²) in [5, 5.41) is 0. The second-order valence-corrected chi connectivity index (χ2v) is 7.54. The lowest BCUT2D eigenvalue weighted by Gasteiger charge is -2.26. The highest BCUT2D eigenvalue weighted by molar-refractivity contribution is 7.89. The molecule has 3 rings (SSSR count). The highest BCUT2D eigenvalue weighted by Crippen LogP contribution is 2.34. The Kier molecular flexibility index (Phi) is 5.68. The molecule has 0 saturated carbocycles. The Morgan fingerprint density at radius 3 is 2.58 bits per heavy atom. The molecular formula is C19H23NO5S. The highest BCUT2D eigenvalue weighted by Gasteiger charge is 2.27. The van der Waals surface area contributed by atoms with Crippen molar-refractivity contribution in [3.63, 3.8) is 0 Å². The molecule has 0 unspecified atom stereocenters. The van der Waals surface area contributed by atoms with Crippen LogP contribution in [0.1, 0.15) is 31.9 Å². The van der Waals surface area contributed by atoms with E-state index in [1.54, 1.807) is 6.07 Å². The molecule has 1 aliphatic rings. The third kappa shape index (κ3) is 3.94. The standard InChI is InChI=1S/C19H23NO5S/c1-3-23-18-10-9-14(13-19(18)24-4-2)26(21,22)20-16-11-12-25-17-8-6-5-7-15(16)17/h5-10,13,16,20H,3-4,11-12H2,1-2H3/t16-/m1/s1. The summed E-state index contributed by atoms with van der Waals surface area (Å²) in [7, 11) is -3.72. The zero-order valence-electron chi connectivity index (χ0n) is 14.9. The van der Waals surface area contributed by atoms with E-state index in [4.69, 9.17) is 14.2 Å². The van der Waals surface area contributed by atoms with E-state index in [2.05, 4.69) is 4.72 Å². The highest BCUT2D eigenvalue weighted by atomic mass is 32.2. The molecule has 1 N–H and O–H groups in total. The van der Waals surface area contributed by atoms with Crippen LogP contribution >= 0.6 is 0 Å². The third-order valence-corrected chi connectivity index (χ3v) is 5.55. The van der Waals surface area contributed by atoms with E-state index in [-0.39, 0.29) is 10.9 Å². The van der Waals surface area contributed by atoms with Crippen molar-refractivity contribution >= 4 is 10.0 Å². The molecule has 0 aromatic heterocycles. The summed E-state index contributed by atoms with van der Waals surface area (Å²) in [5.41, 5.74) is 0.846. The summed E-state index contributed by atoms with van der Waals surface area (Å²) in [6.07, 6.45) is 0.575. The molecular weight excluding hydrogens is 354 g/mol. The van der Waals surface area contributed by atoms with Gasteiger partial charge in [-0.15, -0.1) is 0 Å². The molecule has 0 fully saturated rings. The van der Waals surface area contributed by atoms with Crippen LogP contribution in [-0.2, 0) is 10.0 Å².